The summed E-state index contributed by atoms with van der Waals surface area (Å²) in [6.45, 7) is 0.750. The maximum atomic E-state index is 11.5. The van der Waals surface area contributed by atoms with Crippen molar-refractivity contribution in [1.29, 1.82) is 0 Å². The Kier molecular flexibility index (Phi) is 5.57. The number of carbonyl (C=O) groups is 1. The predicted molar refractivity (Wildman–Crippen MR) is 68.7 cm³/mol. The van der Waals surface area contributed by atoms with Crippen LogP contribution in [0.5, 0.6) is 0 Å². The molecule has 92 valence electrons. The monoisotopic (exact) mass is 234 g/mol. The van der Waals surface area contributed by atoms with Gasteiger partial charge in [0.05, 0.1) is 6.54 Å². The second kappa shape index (κ2) is 7.27. The first-order valence-electron chi connectivity index (χ1n) is 5.45. The number of carbonyl (C=O) groups excluding carboxylic acids is 1. The maximum absolute atomic E-state index is 11.5. The van der Waals surface area contributed by atoms with Crippen LogP contribution in [0.3, 0.4) is 0 Å². The fraction of sp³-hybridized carbons (Fsp3) is 0.333. The molecule has 0 spiro atoms. The van der Waals surface area contributed by atoms with Gasteiger partial charge in [0.15, 0.2) is 5.96 Å². The van der Waals surface area contributed by atoms with Gasteiger partial charge in [0.25, 0.3) is 0 Å². The molecule has 0 aromatic heterocycles. The van der Waals surface area contributed by atoms with Gasteiger partial charge in [-0.25, -0.2) is 0 Å². The molecule has 0 unspecified atom stereocenters. The molecular weight excluding hydrogens is 216 g/mol. The Morgan fingerprint density at radius 1 is 1.24 bits per heavy atom. The molecular formula is C12H18N4O. The van der Waals surface area contributed by atoms with Crippen LogP contribution in [-0.2, 0) is 11.3 Å². The van der Waals surface area contributed by atoms with Gasteiger partial charge in [-0.1, -0.05) is 30.3 Å². The standard InChI is InChI=1S/C12H18N4O/c1-13-12(14-2)16-9-11(17)15-8-10-6-4-3-5-7-10/h3-7H,8-9H2,1-2H3,(H,15,17)(H2,13,14,16). The van der Waals surface area contributed by atoms with Crippen molar-refractivity contribution in [3.63, 3.8) is 0 Å². The van der Waals surface area contributed by atoms with E-state index in [0.717, 1.165) is 5.56 Å². The Morgan fingerprint density at radius 2 is 1.94 bits per heavy atom. The molecule has 0 fully saturated rings. The van der Waals surface area contributed by atoms with Gasteiger partial charge in [0.2, 0.25) is 5.91 Å². The van der Waals surface area contributed by atoms with Crippen molar-refractivity contribution in [2.75, 3.05) is 20.6 Å². The average molecular weight is 234 g/mol. The molecule has 3 N–H and O–H groups in total. The van der Waals surface area contributed by atoms with E-state index in [4.69, 9.17) is 0 Å². The highest BCUT2D eigenvalue weighted by atomic mass is 16.1. The third-order valence-corrected chi connectivity index (χ3v) is 2.21. The van der Waals surface area contributed by atoms with Gasteiger partial charge in [0, 0.05) is 20.6 Å². The molecule has 0 atom stereocenters. The number of amides is 1. The van der Waals surface area contributed by atoms with Crippen LogP contribution in [0, 0.1) is 0 Å². The summed E-state index contributed by atoms with van der Waals surface area (Å²) in [5, 5.41) is 8.54. The van der Waals surface area contributed by atoms with Crippen molar-refractivity contribution in [2.24, 2.45) is 4.99 Å². The highest BCUT2D eigenvalue weighted by Crippen LogP contribution is 1.96. The molecule has 1 aromatic rings. The lowest BCUT2D eigenvalue weighted by molar-refractivity contribution is -0.120. The van der Waals surface area contributed by atoms with E-state index in [-0.39, 0.29) is 12.5 Å². The van der Waals surface area contributed by atoms with Crippen LogP contribution in [0.15, 0.2) is 35.3 Å². The first-order chi connectivity index (χ1) is 8.26. The third-order valence-electron chi connectivity index (χ3n) is 2.21. The normalized spacial score (nSPS) is 10.8. The molecule has 5 nitrogen and oxygen atoms in total. The summed E-state index contributed by atoms with van der Waals surface area (Å²) in [6.07, 6.45) is 0. The molecule has 5 heteroatoms. The summed E-state index contributed by atoms with van der Waals surface area (Å²) in [5.74, 6) is 0.533. The van der Waals surface area contributed by atoms with E-state index in [2.05, 4.69) is 20.9 Å². The number of hydrogen-bond acceptors (Lipinski definition) is 2. The molecule has 0 aliphatic rings. The molecule has 0 aliphatic carbocycles. The largest absolute Gasteiger partial charge is 0.359 e. The molecule has 0 radical (unpaired) electrons. The lowest BCUT2D eigenvalue weighted by atomic mass is 10.2. The van der Waals surface area contributed by atoms with Crippen LogP contribution in [-0.4, -0.2) is 32.5 Å². The molecule has 17 heavy (non-hydrogen) atoms. The Morgan fingerprint density at radius 3 is 2.53 bits per heavy atom. The Hall–Kier alpha value is -2.04. The van der Waals surface area contributed by atoms with E-state index in [0.29, 0.717) is 12.5 Å². The fourth-order valence-corrected chi connectivity index (χ4v) is 1.30. The minimum Gasteiger partial charge on any atom is -0.359 e. The van der Waals surface area contributed by atoms with Crippen LogP contribution in [0.1, 0.15) is 5.56 Å². The summed E-state index contributed by atoms with van der Waals surface area (Å²) in [7, 11) is 3.40. The molecule has 0 saturated heterocycles. The van der Waals surface area contributed by atoms with Gasteiger partial charge in [0.1, 0.15) is 0 Å². The highest BCUT2D eigenvalue weighted by Gasteiger charge is 2.01. The van der Waals surface area contributed by atoms with E-state index in [1.807, 2.05) is 30.3 Å². The van der Waals surface area contributed by atoms with E-state index < -0.39 is 0 Å². The van der Waals surface area contributed by atoms with Crippen molar-refractivity contribution >= 4 is 11.9 Å². The predicted octanol–water partition coefficient (Wildman–Crippen LogP) is 0.0976. The van der Waals surface area contributed by atoms with Crippen molar-refractivity contribution in [3.8, 4) is 0 Å². The first-order valence-corrected chi connectivity index (χ1v) is 5.45. The number of nitrogens with one attached hydrogen (secondary N) is 3. The van der Waals surface area contributed by atoms with Crippen LogP contribution < -0.4 is 16.0 Å². The van der Waals surface area contributed by atoms with Crippen LogP contribution in [0.2, 0.25) is 0 Å². The van der Waals surface area contributed by atoms with Gasteiger partial charge in [-0.15, -0.1) is 0 Å². The Labute approximate surface area is 101 Å². The van der Waals surface area contributed by atoms with Crippen LogP contribution in [0.4, 0.5) is 0 Å². The molecule has 0 bridgehead atoms. The van der Waals surface area contributed by atoms with Crippen LogP contribution >= 0.6 is 0 Å². The fourth-order valence-electron chi connectivity index (χ4n) is 1.30. The van der Waals surface area contributed by atoms with Crippen LogP contribution in [0.25, 0.3) is 0 Å². The zero-order valence-electron chi connectivity index (χ0n) is 10.2. The lowest BCUT2D eigenvalue weighted by Crippen LogP contribution is -2.41. The molecule has 1 aromatic carbocycles. The Bertz CT molecular complexity index is 375. The second-order valence-electron chi connectivity index (χ2n) is 3.44. The minimum absolute atomic E-state index is 0.0646. The van der Waals surface area contributed by atoms with Gasteiger partial charge < -0.3 is 16.0 Å². The van der Waals surface area contributed by atoms with Gasteiger partial charge in [-0.2, -0.15) is 0 Å². The topological polar surface area (TPSA) is 65.5 Å². The van der Waals surface area contributed by atoms with Gasteiger partial charge in [-0.3, -0.25) is 9.79 Å². The van der Waals surface area contributed by atoms with Crippen molar-refractivity contribution in [2.45, 2.75) is 6.54 Å². The zero-order valence-corrected chi connectivity index (χ0v) is 10.2. The second-order valence-corrected chi connectivity index (χ2v) is 3.44. The maximum Gasteiger partial charge on any atom is 0.239 e. The van der Waals surface area contributed by atoms with Gasteiger partial charge >= 0.3 is 0 Å². The van der Waals surface area contributed by atoms with Crippen molar-refractivity contribution < 1.29 is 4.79 Å². The number of guanidine groups is 1. The number of benzene rings is 1. The van der Waals surface area contributed by atoms with E-state index >= 15 is 0 Å². The number of hydrogen-bond donors (Lipinski definition) is 3. The van der Waals surface area contributed by atoms with E-state index in [9.17, 15) is 4.79 Å². The summed E-state index contributed by atoms with van der Waals surface area (Å²) < 4.78 is 0. The quantitative estimate of drug-likeness (QED) is 0.511. The summed E-state index contributed by atoms with van der Waals surface area (Å²) in [6, 6.07) is 9.79. The van der Waals surface area contributed by atoms with Crippen molar-refractivity contribution in [1.82, 2.24) is 16.0 Å². The van der Waals surface area contributed by atoms with Gasteiger partial charge in [-0.05, 0) is 5.56 Å². The van der Waals surface area contributed by atoms with Crippen molar-refractivity contribution in [3.05, 3.63) is 35.9 Å². The Balaban J connectivity index is 2.26. The van der Waals surface area contributed by atoms with E-state index in [1.54, 1.807) is 14.1 Å². The third kappa shape index (κ3) is 5.01. The lowest BCUT2D eigenvalue weighted by Gasteiger charge is -2.09. The number of aliphatic imine (C=N–C) groups is 1. The molecule has 0 heterocycles. The number of rotatable bonds is 4. The minimum atomic E-state index is -0.0646. The highest BCUT2D eigenvalue weighted by molar-refractivity contribution is 5.86. The summed E-state index contributed by atoms with van der Waals surface area (Å²) >= 11 is 0. The molecule has 0 saturated carbocycles. The average Bonchev–Trinajstić information content (AvgIpc) is 2.39. The molecule has 1 amide bonds. The van der Waals surface area contributed by atoms with E-state index in [1.165, 1.54) is 0 Å². The smallest absolute Gasteiger partial charge is 0.239 e. The SMILES string of the molecule is CN=C(NC)NCC(=O)NCc1ccccc1. The number of nitrogens with zero attached hydrogens (tertiary/aromatic N) is 1. The summed E-state index contributed by atoms with van der Waals surface area (Å²) in [5.41, 5.74) is 1.08. The molecule has 0 aliphatic heterocycles. The summed E-state index contributed by atoms with van der Waals surface area (Å²) in [4.78, 5) is 15.4. The first kappa shape index (κ1) is 13.0. The zero-order chi connectivity index (χ0) is 12.5. The molecule has 1 rings (SSSR count).